The van der Waals surface area contributed by atoms with E-state index in [-0.39, 0.29) is 6.03 Å². The third kappa shape index (κ3) is 4.71. The molecule has 1 aromatic heterocycles. The van der Waals surface area contributed by atoms with E-state index in [0.29, 0.717) is 31.5 Å². The van der Waals surface area contributed by atoms with Crippen molar-refractivity contribution < 1.29 is 9.53 Å². The molecule has 130 valence electrons. The molecule has 2 heterocycles. The maximum absolute atomic E-state index is 11.8. The Balaban J connectivity index is 1.32. The maximum Gasteiger partial charge on any atom is 0.314 e. The van der Waals surface area contributed by atoms with Crippen LogP contribution in [0.3, 0.4) is 0 Å². The van der Waals surface area contributed by atoms with Crippen molar-refractivity contribution in [1.82, 2.24) is 20.6 Å². The van der Waals surface area contributed by atoms with Crippen molar-refractivity contribution >= 4 is 17.1 Å². The van der Waals surface area contributed by atoms with Crippen LogP contribution in [0.5, 0.6) is 0 Å². The van der Waals surface area contributed by atoms with Crippen molar-refractivity contribution in [2.45, 2.75) is 38.7 Å². The number of hydrogen-bond donors (Lipinski definition) is 3. The van der Waals surface area contributed by atoms with Gasteiger partial charge in [-0.1, -0.05) is 12.1 Å². The van der Waals surface area contributed by atoms with Crippen LogP contribution in [0.25, 0.3) is 11.0 Å². The molecule has 2 aromatic rings. The fraction of sp³-hybridized carbons (Fsp3) is 0.556. The number of carbonyl (C=O) groups excluding carboxylic acids is 1. The van der Waals surface area contributed by atoms with E-state index in [0.717, 1.165) is 42.7 Å². The average Bonchev–Trinajstić information content (AvgIpc) is 2.97. The molecule has 0 saturated carbocycles. The van der Waals surface area contributed by atoms with Crippen LogP contribution in [0.4, 0.5) is 4.79 Å². The van der Waals surface area contributed by atoms with Gasteiger partial charge in [-0.05, 0) is 44.2 Å². The van der Waals surface area contributed by atoms with Crippen molar-refractivity contribution in [2.75, 3.05) is 19.7 Å². The third-order valence-electron chi connectivity index (χ3n) is 4.52. The van der Waals surface area contributed by atoms with Gasteiger partial charge in [0.05, 0.1) is 17.1 Å². The normalized spacial score (nSPS) is 20.9. The molecule has 0 bridgehead atoms. The molecule has 1 aromatic carbocycles. The van der Waals surface area contributed by atoms with Gasteiger partial charge in [0.15, 0.2) is 0 Å². The zero-order chi connectivity index (χ0) is 16.8. The number of benzene rings is 1. The number of amides is 2. The smallest absolute Gasteiger partial charge is 0.314 e. The number of urea groups is 1. The minimum absolute atomic E-state index is 0.105. The first kappa shape index (κ1) is 16.8. The Hall–Kier alpha value is -2.08. The molecule has 1 fully saturated rings. The SMILES string of the molecule is CC1CC(CCNC(=O)NCCc2nc3ccccc3[nH]2)CCO1. The molecule has 3 N–H and O–H groups in total. The molecule has 1 saturated heterocycles. The summed E-state index contributed by atoms with van der Waals surface area (Å²) in [6, 6.07) is 7.83. The number of imidazole rings is 1. The van der Waals surface area contributed by atoms with E-state index in [4.69, 9.17) is 4.74 Å². The number of aromatic nitrogens is 2. The Labute approximate surface area is 142 Å². The quantitative estimate of drug-likeness (QED) is 0.762. The number of hydrogen-bond acceptors (Lipinski definition) is 3. The van der Waals surface area contributed by atoms with E-state index in [1.807, 2.05) is 24.3 Å². The molecule has 0 spiro atoms. The van der Waals surface area contributed by atoms with Gasteiger partial charge < -0.3 is 20.4 Å². The summed E-state index contributed by atoms with van der Waals surface area (Å²) in [6.45, 7) is 4.24. The Kier molecular flexibility index (Phi) is 5.69. The predicted octanol–water partition coefficient (Wildman–Crippen LogP) is 2.61. The molecule has 1 aliphatic rings. The lowest BCUT2D eigenvalue weighted by Crippen LogP contribution is -2.38. The van der Waals surface area contributed by atoms with E-state index in [1.165, 1.54) is 0 Å². The highest BCUT2D eigenvalue weighted by atomic mass is 16.5. The first-order valence-electron chi connectivity index (χ1n) is 8.77. The molecule has 3 rings (SSSR count). The highest BCUT2D eigenvalue weighted by molar-refractivity contribution is 5.75. The number of para-hydroxylation sites is 2. The number of fused-ring (bicyclic) bond motifs is 1. The molecule has 6 nitrogen and oxygen atoms in total. The molecular weight excluding hydrogens is 304 g/mol. The number of nitrogens with zero attached hydrogens (tertiary/aromatic N) is 1. The number of carbonyl (C=O) groups is 1. The lowest BCUT2D eigenvalue weighted by Gasteiger charge is -2.27. The summed E-state index contributed by atoms with van der Waals surface area (Å²) in [5.41, 5.74) is 1.99. The van der Waals surface area contributed by atoms with Crippen LogP contribution in [-0.2, 0) is 11.2 Å². The van der Waals surface area contributed by atoms with Gasteiger partial charge in [0.25, 0.3) is 0 Å². The Morgan fingerprint density at radius 3 is 3.00 bits per heavy atom. The first-order valence-corrected chi connectivity index (χ1v) is 8.77. The van der Waals surface area contributed by atoms with E-state index in [1.54, 1.807) is 0 Å². The molecule has 1 aliphatic heterocycles. The molecular formula is C18H26N4O2. The van der Waals surface area contributed by atoms with Crippen LogP contribution in [0.15, 0.2) is 24.3 Å². The number of aromatic amines is 1. The van der Waals surface area contributed by atoms with E-state index < -0.39 is 0 Å². The van der Waals surface area contributed by atoms with Gasteiger partial charge in [-0.25, -0.2) is 9.78 Å². The van der Waals surface area contributed by atoms with Crippen LogP contribution in [0.1, 0.15) is 32.0 Å². The van der Waals surface area contributed by atoms with E-state index in [2.05, 4.69) is 27.5 Å². The monoisotopic (exact) mass is 330 g/mol. The number of ether oxygens (including phenoxy) is 1. The second kappa shape index (κ2) is 8.15. The summed E-state index contributed by atoms with van der Waals surface area (Å²) < 4.78 is 5.54. The molecule has 2 unspecified atom stereocenters. The standard InChI is InChI=1S/C18H26N4O2/c1-13-12-14(8-11-24-13)6-9-19-18(23)20-10-7-17-21-15-4-2-3-5-16(15)22-17/h2-5,13-14H,6-12H2,1H3,(H,21,22)(H2,19,20,23). The number of rotatable bonds is 6. The topological polar surface area (TPSA) is 79.0 Å². The lowest BCUT2D eigenvalue weighted by molar-refractivity contribution is 0.00117. The minimum Gasteiger partial charge on any atom is -0.378 e. The summed E-state index contributed by atoms with van der Waals surface area (Å²) in [5.74, 6) is 1.55. The number of nitrogens with one attached hydrogen (secondary N) is 3. The Bertz CT molecular complexity index is 637. The Morgan fingerprint density at radius 1 is 1.33 bits per heavy atom. The van der Waals surface area contributed by atoms with Gasteiger partial charge in [0.1, 0.15) is 5.82 Å². The molecule has 0 aliphatic carbocycles. The van der Waals surface area contributed by atoms with Crippen LogP contribution < -0.4 is 10.6 Å². The summed E-state index contributed by atoms with van der Waals surface area (Å²) in [5, 5.41) is 5.82. The second-order valence-corrected chi connectivity index (χ2v) is 6.49. The average molecular weight is 330 g/mol. The zero-order valence-electron chi connectivity index (χ0n) is 14.2. The third-order valence-corrected chi connectivity index (χ3v) is 4.52. The fourth-order valence-corrected chi connectivity index (χ4v) is 3.22. The van der Waals surface area contributed by atoms with Crippen molar-refractivity contribution in [1.29, 1.82) is 0 Å². The van der Waals surface area contributed by atoms with Gasteiger partial charge in [-0.2, -0.15) is 0 Å². The van der Waals surface area contributed by atoms with Crippen LogP contribution in [-0.4, -0.2) is 41.8 Å². The Morgan fingerprint density at radius 2 is 2.17 bits per heavy atom. The first-order chi connectivity index (χ1) is 11.7. The predicted molar refractivity (Wildman–Crippen MR) is 94.0 cm³/mol. The molecule has 2 atom stereocenters. The van der Waals surface area contributed by atoms with Gasteiger partial charge in [0.2, 0.25) is 0 Å². The van der Waals surface area contributed by atoms with Gasteiger partial charge in [-0.15, -0.1) is 0 Å². The number of H-pyrrole nitrogens is 1. The van der Waals surface area contributed by atoms with Gasteiger partial charge >= 0.3 is 6.03 Å². The van der Waals surface area contributed by atoms with Crippen molar-refractivity contribution in [3.8, 4) is 0 Å². The van der Waals surface area contributed by atoms with Crippen LogP contribution >= 0.6 is 0 Å². The van der Waals surface area contributed by atoms with Crippen molar-refractivity contribution in [3.05, 3.63) is 30.1 Å². The summed E-state index contributed by atoms with van der Waals surface area (Å²) >= 11 is 0. The van der Waals surface area contributed by atoms with Crippen molar-refractivity contribution in [3.63, 3.8) is 0 Å². The van der Waals surface area contributed by atoms with E-state index in [9.17, 15) is 4.79 Å². The minimum atomic E-state index is -0.105. The molecule has 6 heteroatoms. The lowest BCUT2D eigenvalue weighted by atomic mass is 9.93. The summed E-state index contributed by atoms with van der Waals surface area (Å²) in [6.07, 6.45) is 4.25. The van der Waals surface area contributed by atoms with Gasteiger partial charge in [-0.3, -0.25) is 0 Å². The van der Waals surface area contributed by atoms with Crippen LogP contribution in [0.2, 0.25) is 0 Å². The summed E-state index contributed by atoms with van der Waals surface area (Å²) in [4.78, 5) is 19.6. The molecule has 0 radical (unpaired) electrons. The maximum atomic E-state index is 11.8. The van der Waals surface area contributed by atoms with Crippen LogP contribution in [0, 0.1) is 5.92 Å². The van der Waals surface area contributed by atoms with E-state index >= 15 is 0 Å². The molecule has 2 amide bonds. The zero-order valence-corrected chi connectivity index (χ0v) is 14.2. The van der Waals surface area contributed by atoms with Crippen molar-refractivity contribution in [2.24, 2.45) is 5.92 Å². The van der Waals surface area contributed by atoms with Gasteiger partial charge in [0, 0.05) is 26.1 Å². The largest absolute Gasteiger partial charge is 0.378 e. The highest BCUT2D eigenvalue weighted by Gasteiger charge is 2.18. The fourth-order valence-electron chi connectivity index (χ4n) is 3.22. The second-order valence-electron chi connectivity index (χ2n) is 6.49. The molecule has 24 heavy (non-hydrogen) atoms. The summed E-state index contributed by atoms with van der Waals surface area (Å²) in [7, 11) is 0. The highest BCUT2D eigenvalue weighted by Crippen LogP contribution is 2.22.